The molecule has 1 aromatic heterocycles. The van der Waals surface area contributed by atoms with Crippen LogP contribution in [-0.2, 0) is 16.4 Å². The predicted octanol–water partition coefficient (Wildman–Crippen LogP) is 2.91. The maximum absolute atomic E-state index is 12.4. The smallest absolute Gasteiger partial charge is 0.289 e. The Morgan fingerprint density at radius 2 is 1.96 bits per heavy atom. The highest BCUT2D eigenvalue weighted by atomic mass is 32.2. The largest absolute Gasteiger partial charge is 0.361 e. The molecule has 0 aliphatic rings. The van der Waals surface area contributed by atoms with Crippen molar-refractivity contribution in [2.75, 3.05) is 6.54 Å². The molecule has 0 aliphatic heterocycles. The maximum atomic E-state index is 12.4. The molecule has 7 nitrogen and oxygen atoms in total. The van der Waals surface area contributed by atoms with Crippen molar-refractivity contribution in [3.8, 4) is 0 Å². The van der Waals surface area contributed by atoms with Crippen molar-refractivity contribution >= 4 is 26.6 Å². The molecule has 0 radical (unpaired) electrons. The van der Waals surface area contributed by atoms with Gasteiger partial charge >= 0.3 is 0 Å². The quantitative estimate of drug-likeness (QED) is 0.521. The summed E-state index contributed by atoms with van der Waals surface area (Å²) >= 11 is 0. The number of para-hydroxylation sites is 1. The van der Waals surface area contributed by atoms with Gasteiger partial charge in [0.2, 0.25) is 10.0 Å². The third kappa shape index (κ3) is 3.54. The lowest BCUT2D eigenvalue weighted by Crippen LogP contribution is -2.26. The third-order valence-electron chi connectivity index (χ3n) is 3.96. The van der Waals surface area contributed by atoms with Gasteiger partial charge in [-0.1, -0.05) is 23.8 Å². The summed E-state index contributed by atoms with van der Waals surface area (Å²) in [7, 11) is -3.95. The summed E-state index contributed by atoms with van der Waals surface area (Å²) in [4.78, 5) is 13.1. The molecule has 0 amide bonds. The normalized spacial score (nSPS) is 11.7. The van der Waals surface area contributed by atoms with Gasteiger partial charge in [0, 0.05) is 29.7 Å². The molecule has 0 saturated heterocycles. The molecule has 2 aromatic carbocycles. The zero-order valence-electron chi connectivity index (χ0n) is 13.5. The van der Waals surface area contributed by atoms with Crippen LogP contribution in [0.5, 0.6) is 0 Å². The predicted molar refractivity (Wildman–Crippen MR) is 95.0 cm³/mol. The molecule has 8 heteroatoms. The van der Waals surface area contributed by atoms with E-state index in [0.29, 0.717) is 6.42 Å². The second-order valence-corrected chi connectivity index (χ2v) is 7.47. The fraction of sp³-hybridized carbons (Fsp3) is 0.176. The summed E-state index contributed by atoms with van der Waals surface area (Å²) < 4.78 is 27.2. The first kappa shape index (κ1) is 17.1. The SMILES string of the molecule is Cc1ccc2[nH]cc(CCNS(=O)(=O)c3ccccc3[N+](=O)[O-])c2c1. The van der Waals surface area contributed by atoms with Gasteiger partial charge in [0.25, 0.3) is 5.69 Å². The van der Waals surface area contributed by atoms with Gasteiger partial charge in [-0.15, -0.1) is 0 Å². The van der Waals surface area contributed by atoms with Crippen LogP contribution < -0.4 is 4.72 Å². The number of aromatic nitrogens is 1. The van der Waals surface area contributed by atoms with Gasteiger partial charge in [0.05, 0.1) is 4.92 Å². The van der Waals surface area contributed by atoms with Gasteiger partial charge in [0.1, 0.15) is 0 Å². The Kier molecular flexibility index (Phi) is 4.56. The van der Waals surface area contributed by atoms with E-state index in [9.17, 15) is 18.5 Å². The van der Waals surface area contributed by atoms with Crippen LogP contribution >= 0.6 is 0 Å². The van der Waals surface area contributed by atoms with Gasteiger partial charge in [-0.3, -0.25) is 10.1 Å². The molecule has 0 saturated carbocycles. The third-order valence-corrected chi connectivity index (χ3v) is 5.47. The highest BCUT2D eigenvalue weighted by Crippen LogP contribution is 2.23. The molecule has 0 atom stereocenters. The summed E-state index contributed by atoms with van der Waals surface area (Å²) in [6.07, 6.45) is 2.33. The summed E-state index contributed by atoms with van der Waals surface area (Å²) in [6.45, 7) is 2.14. The second-order valence-electron chi connectivity index (χ2n) is 5.74. The zero-order chi connectivity index (χ0) is 18.0. The van der Waals surface area contributed by atoms with E-state index < -0.39 is 20.6 Å². The number of hydrogen-bond acceptors (Lipinski definition) is 4. The molecule has 3 aromatic rings. The van der Waals surface area contributed by atoms with Crippen LogP contribution in [0.3, 0.4) is 0 Å². The summed E-state index contributed by atoms with van der Waals surface area (Å²) in [5.41, 5.74) is 2.66. The highest BCUT2D eigenvalue weighted by molar-refractivity contribution is 7.89. The first-order chi connectivity index (χ1) is 11.9. The first-order valence-electron chi connectivity index (χ1n) is 7.68. The van der Waals surface area contributed by atoms with Crippen LogP contribution in [0.2, 0.25) is 0 Å². The van der Waals surface area contributed by atoms with E-state index >= 15 is 0 Å². The Balaban J connectivity index is 1.77. The number of benzene rings is 2. The van der Waals surface area contributed by atoms with Crippen molar-refractivity contribution in [2.24, 2.45) is 0 Å². The number of fused-ring (bicyclic) bond motifs is 1. The number of hydrogen-bond donors (Lipinski definition) is 2. The minimum Gasteiger partial charge on any atom is -0.361 e. The van der Waals surface area contributed by atoms with Crippen LogP contribution in [0.25, 0.3) is 10.9 Å². The van der Waals surface area contributed by atoms with Crippen LogP contribution in [0.15, 0.2) is 53.6 Å². The minimum absolute atomic E-state index is 0.148. The highest BCUT2D eigenvalue weighted by Gasteiger charge is 2.24. The van der Waals surface area contributed by atoms with Gasteiger partial charge < -0.3 is 4.98 Å². The van der Waals surface area contributed by atoms with Crippen molar-refractivity contribution in [1.29, 1.82) is 0 Å². The Hall–Kier alpha value is -2.71. The van der Waals surface area contributed by atoms with Crippen LogP contribution in [0.4, 0.5) is 5.69 Å². The van der Waals surface area contributed by atoms with E-state index in [-0.39, 0.29) is 11.4 Å². The van der Waals surface area contributed by atoms with Crippen LogP contribution in [0.1, 0.15) is 11.1 Å². The number of sulfonamides is 1. The Bertz CT molecular complexity index is 1040. The Morgan fingerprint density at radius 1 is 1.20 bits per heavy atom. The molecule has 130 valence electrons. The number of rotatable bonds is 6. The fourth-order valence-corrected chi connectivity index (χ4v) is 3.93. The molecule has 1 heterocycles. The second kappa shape index (κ2) is 6.66. The summed E-state index contributed by atoms with van der Waals surface area (Å²) in [6, 6.07) is 11.3. The van der Waals surface area contributed by atoms with Crippen LogP contribution in [0, 0.1) is 17.0 Å². The fourth-order valence-electron chi connectivity index (χ4n) is 2.73. The molecule has 0 spiro atoms. The molecule has 0 aliphatic carbocycles. The molecule has 0 bridgehead atoms. The molecule has 0 fully saturated rings. The Morgan fingerprint density at radius 3 is 2.72 bits per heavy atom. The van der Waals surface area contributed by atoms with Crippen molar-refractivity contribution < 1.29 is 13.3 Å². The first-order valence-corrected chi connectivity index (χ1v) is 9.16. The zero-order valence-corrected chi connectivity index (χ0v) is 14.3. The van der Waals surface area contributed by atoms with E-state index in [1.165, 1.54) is 24.3 Å². The monoisotopic (exact) mass is 359 g/mol. The Labute approximate surface area is 144 Å². The van der Waals surface area contributed by atoms with Crippen molar-refractivity contribution in [3.63, 3.8) is 0 Å². The number of nitrogens with one attached hydrogen (secondary N) is 2. The topological polar surface area (TPSA) is 105 Å². The molecular weight excluding hydrogens is 342 g/mol. The van der Waals surface area contributed by atoms with Gasteiger partial charge in [-0.05, 0) is 37.1 Å². The molecule has 3 rings (SSSR count). The number of H-pyrrole nitrogens is 1. The van der Waals surface area contributed by atoms with Crippen molar-refractivity contribution in [3.05, 3.63) is 69.9 Å². The lowest BCUT2D eigenvalue weighted by molar-refractivity contribution is -0.387. The minimum atomic E-state index is -3.95. The lowest BCUT2D eigenvalue weighted by Gasteiger charge is -2.07. The maximum Gasteiger partial charge on any atom is 0.289 e. The van der Waals surface area contributed by atoms with E-state index in [1.807, 2.05) is 31.3 Å². The van der Waals surface area contributed by atoms with E-state index in [2.05, 4.69) is 9.71 Å². The van der Waals surface area contributed by atoms with E-state index in [0.717, 1.165) is 22.0 Å². The number of nitrogens with zero attached hydrogens (tertiary/aromatic N) is 1. The van der Waals surface area contributed by atoms with Crippen molar-refractivity contribution in [2.45, 2.75) is 18.2 Å². The van der Waals surface area contributed by atoms with Crippen molar-refractivity contribution in [1.82, 2.24) is 9.71 Å². The van der Waals surface area contributed by atoms with E-state index in [4.69, 9.17) is 0 Å². The molecule has 0 unspecified atom stereocenters. The number of nitro groups is 1. The van der Waals surface area contributed by atoms with Gasteiger partial charge in [-0.2, -0.15) is 0 Å². The number of nitro benzene ring substituents is 1. The van der Waals surface area contributed by atoms with E-state index in [1.54, 1.807) is 0 Å². The van der Waals surface area contributed by atoms with Crippen LogP contribution in [-0.4, -0.2) is 24.9 Å². The molecule has 2 N–H and O–H groups in total. The molecule has 25 heavy (non-hydrogen) atoms. The molecular formula is C17H17N3O4S. The van der Waals surface area contributed by atoms with Gasteiger partial charge in [-0.25, -0.2) is 13.1 Å². The summed E-state index contributed by atoms with van der Waals surface area (Å²) in [5, 5.41) is 12.1. The number of aromatic amines is 1. The lowest BCUT2D eigenvalue weighted by atomic mass is 10.1. The summed E-state index contributed by atoms with van der Waals surface area (Å²) in [5.74, 6) is 0. The number of aryl methyl sites for hydroxylation is 1. The van der Waals surface area contributed by atoms with Gasteiger partial charge in [0.15, 0.2) is 4.90 Å². The average Bonchev–Trinajstić information content (AvgIpc) is 2.97. The average molecular weight is 359 g/mol. The standard InChI is InChI=1S/C17H17N3O4S/c1-12-6-7-15-14(10-12)13(11-18-15)8-9-19-25(23,24)17-5-3-2-4-16(17)20(21)22/h2-7,10-11,18-19H,8-9H2,1H3.